The maximum Gasteiger partial charge on any atom is 0.349 e. The largest absolute Gasteiger partial charge is 0.506 e. The van der Waals surface area contributed by atoms with E-state index in [1.807, 2.05) is 32.9 Å². The standard InChI is InChI=1S/C26H29N5O3/c1-15-12-22(31-26(34)29-25(33)21(14-27)30-31)17(3)16(2)20(15)13-19-10-11-23(32)24(28-19)18-8-6-4-5-7-9-18/h10-12,18,32H,4-9,13H2,1-3H3,(H,29,33,34). The number of aryl methyl sites for hydroxylation is 1. The van der Waals surface area contributed by atoms with E-state index in [9.17, 15) is 14.7 Å². The van der Waals surface area contributed by atoms with Crippen molar-refractivity contribution >= 4 is 0 Å². The van der Waals surface area contributed by atoms with Gasteiger partial charge in [-0.25, -0.2) is 4.79 Å². The van der Waals surface area contributed by atoms with Crippen LogP contribution in [0.5, 0.6) is 5.75 Å². The van der Waals surface area contributed by atoms with Gasteiger partial charge in [-0.05, 0) is 74.1 Å². The Balaban J connectivity index is 1.72. The summed E-state index contributed by atoms with van der Waals surface area (Å²) < 4.78 is 1.07. The number of hydrogen-bond acceptors (Lipinski definition) is 6. The van der Waals surface area contributed by atoms with Gasteiger partial charge in [0.15, 0.2) is 0 Å². The molecule has 8 nitrogen and oxygen atoms in total. The minimum Gasteiger partial charge on any atom is -0.506 e. The highest BCUT2D eigenvalue weighted by atomic mass is 16.3. The third kappa shape index (κ3) is 4.51. The third-order valence-corrected chi connectivity index (χ3v) is 6.95. The van der Waals surface area contributed by atoms with Crippen molar-refractivity contribution in [3.63, 3.8) is 0 Å². The van der Waals surface area contributed by atoms with Crippen molar-refractivity contribution in [2.24, 2.45) is 0 Å². The van der Waals surface area contributed by atoms with E-state index in [1.54, 1.807) is 12.1 Å². The summed E-state index contributed by atoms with van der Waals surface area (Å²) in [6.07, 6.45) is 7.52. The van der Waals surface area contributed by atoms with Crippen LogP contribution in [0, 0.1) is 32.1 Å². The van der Waals surface area contributed by atoms with Gasteiger partial charge in [-0.15, -0.1) is 5.10 Å². The van der Waals surface area contributed by atoms with Crippen molar-refractivity contribution < 1.29 is 5.11 Å². The van der Waals surface area contributed by atoms with Crippen molar-refractivity contribution in [1.82, 2.24) is 19.7 Å². The summed E-state index contributed by atoms with van der Waals surface area (Å²) >= 11 is 0. The van der Waals surface area contributed by atoms with Crippen LogP contribution in [-0.4, -0.2) is 24.9 Å². The van der Waals surface area contributed by atoms with Crippen LogP contribution in [0.3, 0.4) is 0 Å². The minimum atomic E-state index is -0.797. The van der Waals surface area contributed by atoms with Crippen molar-refractivity contribution in [3.05, 3.63) is 78.4 Å². The lowest BCUT2D eigenvalue weighted by molar-refractivity contribution is 0.445. The zero-order valence-corrected chi connectivity index (χ0v) is 19.8. The Morgan fingerprint density at radius 1 is 1.12 bits per heavy atom. The molecule has 2 N–H and O–H groups in total. The number of aromatic amines is 1. The first-order chi connectivity index (χ1) is 16.3. The molecule has 1 aliphatic rings. The summed E-state index contributed by atoms with van der Waals surface area (Å²) in [6, 6.07) is 7.19. The number of rotatable bonds is 4. The van der Waals surface area contributed by atoms with Crippen LogP contribution in [0.25, 0.3) is 5.69 Å². The van der Waals surface area contributed by atoms with Gasteiger partial charge < -0.3 is 5.11 Å². The highest BCUT2D eigenvalue weighted by molar-refractivity contribution is 5.53. The van der Waals surface area contributed by atoms with Crippen molar-refractivity contribution in [3.8, 4) is 17.5 Å². The number of benzene rings is 1. The van der Waals surface area contributed by atoms with Crippen molar-refractivity contribution in [1.29, 1.82) is 5.26 Å². The molecule has 0 aliphatic heterocycles. The highest BCUT2D eigenvalue weighted by Crippen LogP contribution is 2.35. The average molecular weight is 460 g/mol. The summed E-state index contributed by atoms with van der Waals surface area (Å²) in [4.78, 5) is 31.2. The van der Waals surface area contributed by atoms with Crippen LogP contribution in [0.15, 0.2) is 27.8 Å². The Bertz CT molecular complexity index is 1390. The molecule has 8 heteroatoms. The third-order valence-electron chi connectivity index (χ3n) is 6.95. The molecule has 0 atom stereocenters. The number of pyridine rings is 1. The van der Waals surface area contributed by atoms with Gasteiger partial charge in [-0.1, -0.05) is 25.7 Å². The van der Waals surface area contributed by atoms with Crippen LogP contribution in [0.1, 0.15) is 83.8 Å². The van der Waals surface area contributed by atoms with Gasteiger partial charge >= 0.3 is 5.69 Å². The van der Waals surface area contributed by atoms with E-state index in [0.717, 1.165) is 51.2 Å². The molecule has 0 amide bonds. The van der Waals surface area contributed by atoms with Gasteiger partial charge in [0.1, 0.15) is 11.8 Å². The first kappa shape index (κ1) is 23.4. The molecule has 0 bridgehead atoms. The van der Waals surface area contributed by atoms with E-state index in [-0.39, 0.29) is 11.4 Å². The normalized spacial score (nSPS) is 14.5. The Hall–Kier alpha value is -3.73. The summed E-state index contributed by atoms with van der Waals surface area (Å²) in [7, 11) is 0. The second kappa shape index (κ2) is 9.64. The molecule has 0 spiro atoms. The summed E-state index contributed by atoms with van der Waals surface area (Å²) in [5.74, 6) is 0.564. The Kier molecular flexibility index (Phi) is 6.64. The lowest BCUT2D eigenvalue weighted by atomic mass is 9.92. The highest BCUT2D eigenvalue weighted by Gasteiger charge is 2.21. The Labute approximate surface area is 197 Å². The number of aromatic hydroxyl groups is 1. The molecule has 1 saturated carbocycles. The molecular weight excluding hydrogens is 430 g/mol. The molecular formula is C26H29N5O3. The zero-order chi connectivity index (χ0) is 24.4. The predicted molar refractivity (Wildman–Crippen MR) is 129 cm³/mol. The van der Waals surface area contributed by atoms with E-state index >= 15 is 0 Å². The van der Waals surface area contributed by atoms with Crippen molar-refractivity contribution in [2.75, 3.05) is 0 Å². The summed E-state index contributed by atoms with van der Waals surface area (Å²) in [5, 5.41) is 23.6. The molecule has 1 aliphatic carbocycles. The van der Waals surface area contributed by atoms with Crippen LogP contribution >= 0.6 is 0 Å². The molecule has 34 heavy (non-hydrogen) atoms. The van der Waals surface area contributed by atoms with Crippen LogP contribution < -0.4 is 11.2 Å². The number of H-pyrrole nitrogens is 1. The SMILES string of the molecule is Cc1cc(-n2nc(C#N)c(=O)[nH]c2=O)c(C)c(C)c1Cc1ccc(O)c(C2CCCCCC2)n1. The van der Waals surface area contributed by atoms with Crippen LogP contribution in [0.2, 0.25) is 0 Å². The maximum atomic E-state index is 12.4. The second-order valence-electron chi connectivity index (χ2n) is 9.14. The predicted octanol–water partition coefficient (Wildman–Crippen LogP) is 3.85. The molecule has 176 valence electrons. The first-order valence-corrected chi connectivity index (χ1v) is 11.7. The van der Waals surface area contributed by atoms with Gasteiger partial charge in [0, 0.05) is 18.0 Å². The fraction of sp³-hybridized carbons (Fsp3) is 0.423. The first-order valence-electron chi connectivity index (χ1n) is 11.7. The molecule has 1 fully saturated rings. The van der Waals surface area contributed by atoms with E-state index in [2.05, 4.69) is 10.1 Å². The van der Waals surface area contributed by atoms with E-state index < -0.39 is 11.2 Å². The van der Waals surface area contributed by atoms with Crippen LogP contribution in [0.4, 0.5) is 0 Å². The quantitative estimate of drug-likeness (QED) is 0.571. The smallest absolute Gasteiger partial charge is 0.349 e. The topological polar surface area (TPSA) is 125 Å². The van der Waals surface area contributed by atoms with Gasteiger partial charge in [0.2, 0.25) is 5.69 Å². The Morgan fingerprint density at radius 3 is 2.50 bits per heavy atom. The van der Waals surface area contributed by atoms with E-state index in [1.165, 1.54) is 25.7 Å². The average Bonchev–Trinajstić information content (AvgIpc) is 3.10. The molecule has 0 unspecified atom stereocenters. The molecule has 3 aromatic rings. The van der Waals surface area contributed by atoms with Gasteiger partial charge in [0.25, 0.3) is 5.56 Å². The molecule has 2 aromatic heterocycles. The maximum absolute atomic E-state index is 12.4. The molecule has 2 heterocycles. The second-order valence-corrected chi connectivity index (χ2v) is 9.14. The number of hydrogen-bond donors (Lipinski definition) is 2. The number of nitrogens with zero attached hydrogens (tertiary/aromatic N) is 4. The molecule has 4 rings (SSSR count). The van der Waals surface area contributed by atoms with Gasteiger partial charge in [-0.3, -0.25) is 14.8 Å². The summed E-state index contributed by atoms with van der Waals surface area (Å²) in [6.45, 7) is 5.83. The summed E-state index contributed by atoms with van der Waals surface area (Å²) in [5.41, 5.74) is 4.21. The monoisotopic (exact) mass is 459 g/mol. The van der Waals surface area contributed by atoms with Crippen LogP contribution in [-0.2, 0) is 6.42 Å². The molecule has 0 saturated heterocycles. The van der Waals surface area contributed by atoms with Gasteiger partial charge in [0.05, 0.1) is 11.4 Å². The number of nitriles is 1. The zero-order valence-electron chi connectivity index (χ0n) is 19.8. The number of aromatic nitrogens is 4. The number of nitrogens with one attached hydrogen (secondary N) is 1. The van der Waals surface area contributed by atoms with Crippen molar-refractivity contribution in [2.45, 2.75) is 71.6 Å². The fourth-order valence-electron chi connectivity index (χ4n) is 4.89. The fourth-order valence-corrected chi connectivity index (χ4v) is 4.89. The Morgan fingerprint density at radius 2 is 1.82 bits per heavy atom. The van der Waals surface area contributed by atoms with E-state index in [4.69, 9.17) is 10.2 Å². The van der Waals surface area contributed by atoms with Gasteiger partial charge in [-0.2, -0.15) is 9.94 Å². The minimum absolute atomic E-state index is 0.271. The molecule has 1 aromatic carbocycles. The lowest BCUT2D eigenvalue weighted by Gasteiger charge is -2.19. The van der Waals surface area contributed by atoms with E-state index in [0.29, 0.717) is 18.0 Å². The molecule has 0 radical (unpaired) electrons. The lowest BCUT2D eigenvalue weighted by Crippen LogP contribution is -2.33.